The zero-order chi connectivity index (χ0) is 30.7. The van der Waals surface area contributed by atoms with Gasteiger partial charge in [-0.15, -0.1) is 0 Å². The number of fused-ring (bicyclic) bond motifs is 1. The summed E-state index contributed by atoms with van der Waals surface area (Å²) in [5.41, 5.74) is 0.0747. The van der Waals surface area contributed by atoms with Gasteiger partial charge in [0, 0.05) is 25.4 Å². The van der Waals surface area contributed by atoms with E-state index in [1.807, 2.05) is 0 Å². The number of aliphatic hydroxyl groups is 2. The molecule has 0 bridgehead atoms. The van der Waals surface area contributed by atoms with Crippen LogP contribution in [0.25, 0.3) is 0 Å². The van der Waals surface area contributed by atoms with Gasteiger partial charge in [-0.3, -0.25) is 28.6 Å². The highest BCUT2D eigenvalue weighted by atomic mass is 16.6. The Hall–Kier alpha value is -4.76. The third-order valence-electron chi connectivity index (χ3n) is 7.17. The van der Waals surface area contributed by atoms with Gasteiger partial charge in [0.1, 0.15) is 30.7 Å². The Labute approximate surface area is 245 Å². The molecule has 0 radical (unpaired) electrons. The Morgan fingerprint density at radius 1 is 0.977 bits per heavy atom. The van der Waals surface area contributed by atoms with Crippen LogP contribution in [-0.2, 0) is 14.3 Å². The number of nitrogens with one attached hydrogen (secondary N) is 1. The average molecular weight is 592 g/mol. The average Bonchev–Trinajstić information content (AvgIpc) is 3.42. The van der Waals surface area contributed by atoms with Gasteiger partial charge < -0.3 is 29.9 Å². The van der Waals surface area contributed by atoms with Crippen LogP contribution in [-0.4, -0.2) is 105 Å². The van der Waals surface area contributed by atoms with Crippen molar-refractivity contribution in [3.8, 4) is 0 Å². The van der Waals surface area contributed by atoms with Crippen LogP contribution in [0.1, 0.15) is 37.3 Å². The highest BCUT2D eigenvalue weighted by Crippen LogP contribution is 2.29. The highest BCUT2D eigenvalue weighted by molar-refractivity contribution is 6.22. The molecule has 1 unspecified atom stereocenters. The molecule has 4 amide bonds. The standard InChI is InChI=1S/C29H29N5O9/c1-32(22(35)15-34-26(39)18-9-5-6-10-19(18)27(34)40)13-14-42-16-20-23(36)24(37)28(43-20)33-12-11-21(31-29(33)41)30-25(38)17-7-3-2-4-8-17/h2-12,20,23-24,28,36-37H,13-16H2,1H3,(H,30,31,38,41)/t20-,23+,24?,28-/m1/s1. The molecule has 3 N–H and O–H groups in total. The van der Waals surface area contributed by atoms with Crippen LogP contribution in [0.3, 0.4) is 0 Å². The summed E-state index contributed by atoms with van der Waals surface area (Å²) in [5.74, 6) is -1.98. The smallest absolute Gasteiger partial charge is 0.351 e. The van der Waals surface area contributed by atoms with E-state index in [9.17, 15) is 34.2 Å². The van der Waals surface area contributed by atoms with E-state index in [1.54, 1.807) is 42.5 Å². The number of benzene rings is 2. The fourth-order valence-corrected chi connectivity index (χ4v) is 4.72. The Balaban J connectivity index is 1.09. The molecule has 0 spiro atoms. The van der Waals surface area contributed by atoms with Crippen molar-refractivity contribution in [1.29, 1.82) is 0 Å². The molecule has 2 aliphatic rings. The number of anilines is 1. The van der Waals surface area contributed by atoms with Gasteiger partial charge in [-0.2, -0.15) is 4.98 Å². The summed E-state index contributed by atoms with van der Waals surface area (Å²) in [6, 6.07) is 16.1. The maximum absolute atomic E-state index is 12.6. The molecule has 43 heavy (non-hydrogen) atoms. The fourth-order valence-electron chi connectivity index (χ4n) is 4.72. The summed E-state index contributed by atoms with van der Waals surface area (Å²) in [6.07, 6.45) is -3.83. The lowest BCUT2D eigenvalue weighted by atomic mass is 10.1. The van der Waals surface area contributed by atoms with Gasteiger partial charge >= 0.3 is 5.69 Å². The monoisotopic (exact) mass is 591 g/mol. The minimum absolute atomic E-state index is 0.00434. The molecule has 2 aliphatic heterocycles. The zero-order valence-electron chi connectivity index (χ0n) is 23.0. The van der Waals surface area contributed by atoms with Crippen molar-refractivity contribution in [3.05, 3.63) is 94.0 Å². The Morgan fingerprint density at radius 3 is 2.28 bits per heavy atom. The molecule has 2 aromatic carbocycles. The molecule has 0 aliphatic carbocycles. The summed E-state index contributed by atoms with van der Waals surface area (Å²) < 4.78 is 12.2. The van der Waals surface area contributed by atoms with Crippen molar-refractivity contribution < 1.29 is 38.9 Å². The zero-order valence-corrected chi connectivity index (χ0v) is 23.0. The number of rotatable bonds is 10. The minimum atomic E-state index is -1.47. The molecule has 1 aromatic heterocycles. The number of aliphatic hydroxyl groups excluding tert-OH is 2. The molecule has 4 atom stereocenters. The van der Waals surface area contributed by atoms with E-state index in [1.165, 1.54) is 36.3 Å². The maximum Gasteiger partial charge on any atom is 0.351 e. The Bertz CT molecular complexity index is 1560. The summed E-state index contributed by atoms with van der Waals surface area (Å²) in [6.45, 7) is -0.452. The van der Waals surface area contributed by atoms with Crippen molar-refractivity contribution in [2.75, 3.05) is 38.7 Å². The van der Waals surface area contributed by atoms with Crippen LogP contribution in [0.4, 0.5) is 5.82 Å². The molecule has 14 nitrogen and oxygen atoms in total. The normalized spacial score (nSPS) is 21.1. The lowest BCUT2D eigenvalue weighted by Gasteiger charge is -2.21. The molecule has 0 saturated carbocycles. The van der Waals surface area contributed by atoms with E-state index in [2.05, 4.69) is 10.3 Å². The Morgan fingerprint density at radius 2 is 1.63 bits per heavy atom. The van der Waals surface area contributed by atoms with Crippen molar-refractivity contribution in [1.82, 2.24) is 19.4 Å². The van der Waals surface area contributed by atoms with Crippen LogP contribution >= 0.6 is 0 Å². The quantitative estimate of drug-likeness (QED) is 0.213. The van der Waals surface area contributed by atoms with Crippen molar-refractivity contribution in [2.45, 2.75) is 24.5 Å². The minimum Gasteiger partial charge on any atom is -0.387 e. The van der Waals surface area contributed by atoms with Crippen LogP contribution in [0.15, 0.2) is 71.7 Å². The van der Waals surface area contributed by atoms with Gasteiger partial charge in [-0.25, -0.2) is 4.79 Å². The van der Waals surface area contributed by atoms with E-state index in [-0.39, 0.29) is 36.7 Å². The van der Waals surface area contributed by atoms with Crippen LogP contribution in [0.2, 0.25) is 0 Å². The predicted molar refractivity (Wildman–Crippen MR) is 149 cm³/mol. The molecule has 1 fully saturated rings. The second kappa shape index (κ2) is 12.6. The molecule has 224 valence electrons. The first-order valence-electron chi connectivity index (χ1n) is 13.4. The van der Waals surface area contributed by atoms with Crippen LogP contribution < -0.4 is 11.0 Å². The van der Waals surface area contributed by atoms with Crippen molar-refractivity contribution >= 4 is 29.4 Å². The second-order valence-electron chi connectivity index (χ2n) is 10.0. The van der Waals surface area contributed by atoms with Gasteiger partial charge in [-0.05, 0) is 30.3 Å². The first-order chi connectivity index (χ1) is 20.7. The number of amides is 4. The maximum atomic E-state index is 12.6. The van der Waals surface area contributed by atoms with E-state index in [0.29, 0.717) is 5.56 Å². The number of likely N-dealkylation sites (N-methyl/N-ethyl adjacent to an activating group) is 1. The molecule has 5 rings (SSSR count). The topological polar surface area (TPSA) is 181 Å². The summed E-state index contributed by atoms with van der Waals surface area (Å²) in [4.78, 5) is 68.6. The van der Waals surface area contributed by atoms with Crippen LogP contribution in [0, 0.1) is 0 Å². The van der Waals surface area contributed by atoms with E-state index in [4.69, 9.17) is 9.47 Å². The third-order valence-corrected chi connectivity index (χ3v) is 7.17. The summed E-state index contributed by atoms with van der Waals surface area (Å²) in [5, 5.41) is 23.5. The first-order valence-corrected chi connectivity index (χ1v) is 13.4. The number of carbonyl (C=O) groups is 4. The molecule has 14 heteroatoms. The largest absolute Gasteiger partial charge is 0.387 e. The first kappa shape index (κ1) is 29.7. The van der Waals surface area contributed by atoms with Crippen molar-refractivity contribution in [2.24, 2.45) is 0 Å². The molecule has 3 aromatic rings. The lowest BCUT2D eigenvalue weighted by Crippen LogP contribution is -2.42. The van der Waals surface area contributed by atoms with E-state index < -0.39 is 60.4 Å². The van der Waals surface area contributed by atoms with Crippen molar-refractivity contribution in [3.63, 3.8) is 0 Å². The second-order valence-corrected chi connectivity index (χ2v) is 10.0. The van der Waals surface area contributed by atoms with E-state index >= 15 is 0 Å². The number of nitrogens with zero attached hydrogens (tertiary/aromatic N) is 4. The predicted octanol–water partition coefficient (Wildman–Crippen LogP) is -0.114. The molecular formula is C29H29N5O9. The molecule has 3 heterocycles. The number of imide groups is 1. The summed E-state index contributed by atoms with van der Waals surface area (Å²) >= 11 is 0. The van der Waals surface area contributed by atoms with Crippen LogP contribution in [0.5, 0.6) is 0 Å². The van der Waals surface area contributed by atoms with E-state index in [0.717, 1.165) is 9.47 Å². The summed E-state index contributed by atoms with van der Waals surface area (Å²) in [7, 11) is 1.50. The number of aromatic nitrogens is 2. The molecule has 1 saturated heterocycles. The van der Waals surface area contributed by atoms with Gasteiger partial charge in [-0.1, -0.05) is 30.3 Å². The number of hydrogen-bond acceptors (Lipinski definition) is 10. The lowest BCUT2D eigenvalue weighted by molar-refractivity contribution is -0.131. The SMILES string of the molecule is CN(CCOC[C@H]1O[C@@H](n2ccc(NC(=O)c3ccccc3)nc2=O)C(O)[C@H]1O)C(=O)CN1C(=O)c2ccccc2C1=O. The fraction of sp³-hybridized carbons (Fsp3) is 0.310. The highest BCUT2D eigenvalue weighted by Gasteiger charge is 2.44. The number of hydrogen-bond donors (Lipinski definition) is 3. The number of ether oxygens (including phenoxy) is 2. The molecular weight excluding hydrogens is 562 g/mol. The van der Waals surface area contributed by atoms with Gasteiger partial charge in [0.15, 0.2) is 6.23 Å². The number of carbonyl (C=O) groups excluding carboxylic acids is 4. The van der Waals surface area contributed by atoms with Gasteiger partial charge in [0.2, 0.25) is 5.91 Å². The van der Waals surface area contributed by atoms with Gasteiger partial charge in [0.25, 0.3) is 17.7 Å². The Kier molecular flexibility index (Phi) is 8.73. The van der Waals surface area contributed by atoms with Gasteiger partial charge in [0.05, 0.1) is 24.3 Å². The third kappa shape index (κ3) is 6.22.